The molecule has 0 fully saturated rings. The molecule has 1 aromatic carbocycles. The van der Waals surface area contributed by atoms with Gasteiger partial charge in [-0.2, -0.15) is 0 Å². The van der Waals surface area contributed by atoms with Crippen molar-refractivity contribution in [2.45, 2.75) is 65.5 Å². The average molecular weight is 1060 g/mol. The molecule has 65 heavy (non-hydrogen) atoms. The molecular weight excluding hydrogens is 1010 g/mol. The SMILES string of the molecule is CC(C)(C)c1cc(CN(Cc2ccccn2)Cc2ccccn2)c([O-])c(CN(Cc2ccccn2)Cc2ccccn2)c1.O.[O-2].[O-2].[O-][Cl+3]([O-])([O-])[O-].[O-][Cl+3]([O-])([O-])[O-].[O-][Cl+3]([O-])([O-])[O-].[OH3+].[OH3+].[V+4].[V+4]. The van der Waals surface area contributed by atoms with Crippen molar-refractivity contribution in [1.82, 2.24) is 29.7 Å². The predicted octanol–water partition coefficient (Wildman–Crippen LogP) is -11.1. The second-order valence-electron chi connectivity index (χ2n) is 13.1. The van der Waals surface area contributed by atoms with Crippen LogP contribution in [0.3, 0.4) is 0 Å². The van der Waals surface area contributed by atoms with Gasteiger partial charge in [-0.25, -0.2) is 55.9 Å². The molecule has 0 spiro atoms. The zero-order valence-corrected chi connectivity index (χ0v) is 39.7. The first kappa shape index (κ1) is 73.5. The molecule has 29 heteroatoms. The van der Waals surface area contributed by atoms with Crippen molar-refractivity contribution in [1.29, 1.82) is 0 Å². The van der Waals surface area contributed by atoms with Gasteiger partial charge in [-0.1, -0.05) is 62.9 Å². The quantitative estimate of drug-likeness (QED) is 0.105. The monoisotopic (exact) mass is 1060 g/mol. The number of aromatic nitrogens is 4. The first-order chi connectivity index (χ1) is 26.8. The van der Waals surface area contributed by atoms with Gasteiger partial charge in [-0.15, -0.1) is 30.7 Å². The molecule has 0 amide bonds. The summed E-state index contributed by atoms with van der Waals surface area (Å²) in [6, 6.07) is 27.9. The Balaban J connectivity index is -0.000000345. The van der Waals surface area contributed by atoms with Crippen LogP contribution in [0.25, 0.3) is 0 Å². The summed E-state index contributed by atoms with van der Waals surface area (Å²) >= 11 is 0. The van der Waals surface area contributed by atoms with E-state index in [1.807, 2.05) is 97.6 Å². The Morgan fingerprint density at radius 2 is 0.662 bits per heavy atom. The number of hydrogen-bond donors (Lipinski definition) is 0. The van der Waals surface area contributed by atoms with Gasteiger partial charge in [0, 0.05) is 64.1 Å². The van der Waals surface area contributed by atoms with Crippen molar-refractivity contribution in [2.24, 2.45) is 0 Å². The van der Waals surface area contributed by atoms with Crippen molar-refractivity contribution >= 4 is 0 Å². The van der Waals surface area contributed by atoms with Gasteiger partial charge in [0.1, 0.15) is 0 Å². The van der Waals surface area contributed by atoms with E-state index in [9.17, 15) is 5.11 Å². The number of benzene rings is 1. The van der Waals surface area contributed by atoms with Crippen molar-refractivity contribution in [3.8, 4) is 5.75 Å². The molecular formula is C36H47Cl3N6O18V2+2. The van der Waals surface area contributed by atoms with E-state index in [0.717, 1.165) is 39.5 Å². The third kappa shape index (κ3) is 37.7. The van der Waals surface area contributed by atoms with Crippen LogP contribution in [-0.2, 0) is 104 Å². The van der Waals surface area contributed by atoms with Crippen LogP contribution in [-0.4, -0.2) is 35.2 Å². The summed E-state index contributed by atoms with van der Waals surface area (Å²) < 4.78 is 102. The summed E-state index contributed by atoms with van der Waals surface area (Å²) in [6.45, 7) is 9.99. The van der Waals surface area contributed by atoms with E-state index < -0.39 is 30.7 Å². The third-order valence-corrected chi connectivity index (χ3v) is 7.34. The van der Waals surface area contributed by atoms with Crippen LogP contribution in [0.1, 0.15) is 60.2 Å². The Labute approximate surface area is 404 Å². The fourth-order valence-electron chi connectivity index (χ4n) is 5.12. The Kier molecular flexibility index (Phi) is 39.7. The summed E-state index contributed by atoms with van der Waals surface area (Å²) in [6.07, 6.45) is 7.24. The molecule has 2 radical (unpaired) electrons. The number of nitrogens with zero attached hydrogens (tertiary/aromatic N) is 6. The fraction of sp³-hybridized carbons (Fsp3) is 0.278. The summed E-state index contributed by atoms with van der Waals surface area (Å²) in [5.74, 6) is 0.0760. The van der Waals surface area contributed by atoms with Crippen LogP contribution in [0.5, 0.6) is 5.75 Å². The summed E-state index contributed by atoms with van der Waals surface area (Å²) in [5.41, 5.74) is 6.39. The van der Waals surface area contributed by atoms with Crippen LogP contribution in [0.4, 0.5) is 0 Å². The maximum Gasteiger partial charge on any atom is 4.00 e. The minimum absolute atomic E-state index is 0. The molecule has 0 aliphatic carbocycles. The van der Waals surface area contributed by atoms with Gasteiger partial charge in [-0.05, 0) is 70.6 Å². The number of hydrogen-bond acceptors (Lipinski definition) is 19. The number of halogens is 3. The molecule has 4 aromatic heterocycles. The fourth-order valence-corrected chi connectivity index (χ4v) is 5.12. The van der Waals surface area contributed by atoms with Crippen molar-refractivity contribution < 1.29 is 156 Å². The van der Waals surface area contributed by atoms with Gasteiger partial charge in [-0.3, -0.25) is 29.7 Å². The molecule has 4 heterocycles. The molecule has 8 N–H and O–H groups in total. The summed E-state index contributed by atoms with van der Waals surface area (Å²) in [4.78, 5) is 22.7. The molecule has 0 saturated carbocycles. The predicted molar refractivity (Wildman–Crippen MR) is 182 cm³/mol. The molecule has 0 aliphatic rings. The first-order valence-electron chi connectivity index (χ1n) is 16.6. The van der Waals surface area contributed by atoms with Crippen LogP contribution in [0.15, 0.2) is 110 Å². The summed E-state index contributed by atoms with van der Waals surface area (Å²) in [7, 11) is -14.8. The average Bonchev–Trinajstić information content (AvgIpc) is 3.09. The third-order valence-electron chi connectivity index (χ3n) is 7.34. The molecule has 0 bridgehead atoms. The molecule has 24 nitrogen and oxygen atoms in total. The summed E-state index contributed by atoms with van der Waals surface area (Å²) in [5, 5.41) is 14.2. The van der Waals surface area contributed by atoms with Gasteiger partial charge in [0.2, 0.25) is 0 Å². The second kappa shape index (κ2) is 35.1. The Hall–Kier alpha value is -3.10. The van der Waals surface area contributed by atoms with Crippen LogP contribution in [0, 0.1) is 30.7 Å². The zero-order chi connectivity index (χ0) is 43.6. The zero-order valence-electron chi connectivity index (χ0n) is 34.6. The van der Waals surface area contributed by atoms with E-state index in [0.29, 0.717) is 39.3 Å². The minimum atomic E-state index is -4.94. The number of rotatable bonds is 12. The van der Waals surface area contributed by atoms with E-state index in [4.69, 9.17) is 55.9 Å². The molecule has 5 aromatic rings. The molecule has 0 atom stereocenters. The van der Waals surface area contributed by atoms with E-state index >= 15 is 0 Å². The first-order valence-corrected chi connectivity index (χ1v) is 20.3. The maximum absolute atomic E-state index is 14.2. The maximum atomic E-state index is 14.2. The standard InChI is InChI=1S/C36H40N6O.3ClHO4.3H2O.2O.2V/c1-36(2,3)30-20-28(22-41(24-31-12-4-8-16-37-31)25-32-13-5-9-17-38-32)35(43)29(21-30)23-42(26-33-14-6-10-18-39-33)27-34-15-7-11-19-40-34;3*2-1(3,4)5;;;;;;;/h4-21,43H,22-27H2,1-3H3;3*(H,2,3,4,5);3*1H2;;;;/q;;;;;;;2*-2;2*+4/p-2. The second-order valence-corrected chi connectivity index (χ2v) is 15.3. The van der Waals surface area contributed by atoms with Gasteiger partial charge in [0.05, 0.1) is 22.8 Å². The molecule has 0 unspecified atom stereocenters. The molecule has 0 saturated heterocycles. The van der Waals surface area contributed by atoms with Crippen LogP contribution in [0.2, 0.25) is 0 Å². The van der Waals surface area contributed by atoms with Crippen LogP contribution < -0.4 is 61.0 Å². The Morgan fingerprint density at radius 1 is 0.446 bits per heavy atom. The van der Waals surface area contributed by atoms with Gasteiger partial charge < -0.3 is 32.5 Å². The van der Waals surface area contributed by atoms with E-state index in [1.54, 1.807) is 0 Å². The topological polar surface area (TPSA) is 512 Å². The van der Waals surface area contributed by atoms with Crippen molar-refractivity contribution in [3.05, 3.63) is 149 Å². The van der Waals surface area contributed by atoms with Crippen molar-refractivity contribution in [3.63, 3.8) is 0 Å². The normalized spacial score (nSPS) is 10.5. The van der Waals surface area contributed by atoms with Crippen LogP contribution >= 0.6 is 0 Å². The van der Waals surface area contributed by atoms with Gasteiger partial charge >= 0.3 is 37.1 Å². The van der Waals surface area contributed by atoms with Crippen molar-refractivity contribution in [2.75, 3.05) is 0 Å². The minimum Gasteiger partial charge on any atom is -2.00 e. The van der Waals surface area contributed by atoms with E-state index in [1.165, 1.54) is 0 Å². The molecule has 358 valence electrons. The van der Waals surface area contributed by atoms with Gasteiger partial charge in [0.25, 0.3) is 0 Å². The smallest absolute Gasteiger partial charge is 2.00 e. The Bertz CT molecular complexity index is 1670. The number of pyridine rings is 4. The largest absolute Gasteiger partial charge is 4.00 e. The molecule has 5 rings (SSSR count). The Morgan fingerprint density at radius 3 is 0.831 bits per heavy atom. The molecule has 0 aliphatic heterocycles. The van der Waals surface area contributed by atoms with E-state index in [-0.39, 0.29) is 75.7 Å². The van der Waals surface area contributed by atoms with E-state index in [2.05, 4.69) is 62.6 Å². The van der Waals surface area contributed by atoms with Gasteiger partial charge in [0.15, 0.2) is 0 Å².